The van der Waals surface area contributed by atoms with Crippen LogP contribution in [-0.2, 0) is 0 Å². The largest absolute Gasteiger partial charge is 0.328 e. The summed E-state index contributed by atoms with van der Waals surface area (Å²) >= 11 is 0. The van der Waals surface area contributed by atoms with E-state index in [0.29, 0.717) is 10.1 Å². The summed E-state index contributed by atoms with van der Waals surface area (Å²) < 4.78 is 3.01. The number of rotatable bonds is 3. The van der Waals surface area contributed by atoms with Crippen LogP contribution in [0, 0.1) is 0 Å². The van der Waals surface area contributed by atoms with Gasteiger partial charge in [-0.2, -0.15) is 0 Å². The highest BCUT2D eigenvalue weighted by Gasteiger charge is 2.57. The molecule has 1 rings (SSSR count). The molecule has 0 aromatic carbocycles. The predicted octanol–water partition coefficient (Wildman–Crippen LogP) is 5.25. The Balaban J connectivity index is 3.29. The van der Waals surface area contributed by atoms with Gasteiger partial charge in [0.05, 0.1) is 15.2 Å². The average molecular weight is 329 g/mol. The Kier molecular flexibility index (Phi) is 5.29. The Bertz CT molecular complexity index is 305. The van der Waals surface area contributed by atoms with Gasteiger partial charge in [0.15, 0.2) is 0 Å². The first-order valence-electron chi connectivity index (χ1n) is 8.36. The number of nitrogens with zero attached hydrogens (tertiary/aromatic N) is 1. The van der Waals surface area contributed by atoms with Crippen LogP contribution in [0.15, 0.2) is 0 Å². The van der Waals surface area contributed by atoms with Crippen LogP contribution < -0.4 is 0 Å². The average Bonchev–Trinajstić information content (AvgIpc) is 2.66. The molecule has 4 heteroatoms. The molecule has 0 N–H and O–H groups in total. The molecule has 0 spiro atoms. The van der Waals surface area contributed by atoms with Gasteiger partial charge in [-0.15, -0.1) is 0 Å². The Morgan fingerprint density at radius 3 is 1.25 bits per heavy atom. The van der Waals surface area contributed by atoms with Crippen molar-refractivity contribution >= 4 is 23.2 Å². The Morgan fingerprint density at radius 2 is 1.00 bits per heavy atom. The molecule has 1 radical (unpaired) electrons. The molecule has 1 aliphatic rings. The second kappa shape index (κ2) is 5.67. The molecule has 0 amide bonds. The smallest absolute Gasteiger partial charge is 0.114 e. The molecule has 0 aromatic rings. The zero-order valence-electron chi connectivity index (χ0n) is 15.8. The Labute approximate surface area is 131 Å². The van der Waals surface area contributed by atoms with E-state index >= 15 is 0 Å². The van der Waals surface area contributed by atoms with Crippen molar-refractivity contribution in [3.05, 3.63) is 0 Å². The van der Waals surface area contributed by atoms with E-state index in [1.807, 2.05) is 0 Å². The molecule has 1 saturated heterocycles. The summed E-state index contributed by atoms with van der Waals surface area (Å²) in [5.74, 6) is 0. The van der Waals surface area contributed by atoms with Gasteiger partial charge in [0.2, 0.25) is 0 Å². The molecule has 0 unspecified atom stereocenters. The molecule has 0 bridgehead atoms. The molecule has 1 heterocycles. The lowest BCUT2D eigenvalue weighted by atomic mass is 10.2. The molecule has 1 fully saturated rings. The van der Waals surface area contributed by atoms with Crippen molar-refractivity contribution in [2.45, 2.75) is 90.6 Å². The van der Waals surface area contributed by atoms with Crippen molar-refractivity contribution in [2.24, 2.45) is 0 Å². The summed E-state index contributed by atoms with van der Waals surface area (Å²) in [6.07, 6.45) is 2.88. The van der Waals surface area contributed by atoms with Crippen LogP contribution >= 0.6 is 0 Å². The van der Waals surface area contributed by atoms with Gasteiger partial charge in [-0.05, 0) is 36.0 Å². The predicted molar refractivity (Wildman–Crippen MR) is 101 cm³/mol. The van der Waals surface area contributed by atoms with Gasteiger partial charge >= 0.3 is 0 Å². The van der Waals surface area contributed by atoms with Crippen molar-refractivity contribution in [2.75, 3.05) is 13.1 Å². The molecule has 20 heavy (non-hydrogen) atoms. The maximum Gasteiger partial charge on any atom is 0.114 e. The summed E-state index contributed by atoms with van der Waals surface area (Å²) in [6.45, 7) is 28.8. The summed E-state index contributed by atoms with van der Waals surface area (Å²) in [5.41, 5.74) is 0. The minimum absolute atomic E-state index is 0.378. The lowest BCUT2D eigenvalue weighted by Gasteiger charge is -2.55. The van der Waals surface area contributed by atoms with E-state index in [1.165, 1.54) is 25.9 Å². The molecular formula is C16H38NSi3. The SMILES string of the molecule is CC(C)(C)[Si](C)(C)[Si](N1CCCC1)[Si](C)(C)C(C)(C)C. The van der Waals surface area contributed by atoms with Crippen LogP contribution in [0.2, 0.25) is 36.3 Å². The fourth-order valence-corrected chi connectivity index (χ4v) is 44.4. The van der Waals surface area contributed by atoms with Crippen molar-refractivity contribution in [1.82, 2.24) is 4.57 Å². The second-order valence-electron chi connectivity index (χ2n) is 9.79. The van der Waals surface area contributed by atoms with Gasteiger partial charge in [0.25, 0.3) is 0 Å². The zero-order valence-corrected chi connectivity index (χ0v) is 18.8. The van der Waals surface area contributed by atoms with Crippen LogP contribution in [-0.4, -0.2) is 40.8 Å². The van der Waals surface area contributed by atoms with E-state index in [9.17, 15) is 0 Å². The first-order valence-corrected chi connectivity index (χ1v) is 17.8. The molecule has 0 aromatic heterocycles. The van der Waals surface area contributed by atoms with Crippen molar-refractivity contribution in [1.29, 1.82) is 0 Å². The zero-order chi connectivity index (χ0) is 16.0. The summed E-state index contributed by atoms with van der Waals surface area (Å²) in [7, 11) is -2.89. The van der Waals surface area contributed by atoms with E-state index < -0.39 is 15.2 Å². The van der Waals surface area contributed by atoms with Crippen LogP contribution in [0.25, 0.3) is 0 Å². The van der Waals surface area contributed by atoms with Crippen LogP contribution in [0.4, 0.5) is 0 Å². The molecule has 1 nitrogen and oxygen atoms in total. The fraction of sp³-hybridized carbons (Fsp3) is 1.00. The normalized spacial score (nSPS) is 19.9. The van der Waals surface area contributed by atoms with E-state index in [4.69, 9.17) is 0 Å². The van der Waals surface area contributed by atoms with Crippen molar-refractivity contribution in [3.8, 4) is 0 Å². The summed E-state index contributed by atoms with van der Waals surface area (Å²) in [5, 5.41) is 1.05. The lowest BCUT2D eigenvalue weighted by molar-refractivity contribution is 0.546. The maximum absolute atomic E-state index is 3.01. The van der Waals surface area contributed by atoms with Gasteiger partial charge in [0, 0.05) is 0 Å². The van der Waals surface area contributed by atoms with E-state index in [1.54, 1.807) is 0 Å². The highest BCUT2D eigenvalue weighted by molar-refractivity contribution is 7.60. The number of hydrogen-bond acceptors (Lipinski definition) is 1. The molecule has 1 aliphatic heterocycles. The molecule has 0 atom stereocenters. The van der Waals surface area contributed by atoms with Crippen LogP contribution in [0.3, 0.4) is 0 Å². The standard InChI is InChI=1S/C16H38NSi3/c1-15(2,3)19(7,8)18(17-13-11-12-14-17)20(9,10)16(4,5)6/h11-14H2,1-10H3. The van der Waals surface area contributed by atoms with Gasteiger partial charge in [0.1, 0.15) is 7.99 Å². The van der Waals surface area contributed by atoms with Crippen molar-refractivity contribution in [3.63, 3.8) is 0 Å². The topological polar surface area (TPSA) is 3.24 Å². The molecule has 0 saturated carbocycles. The second-order valence-corrected chi connectivity index (χ2v) is 32.5. The molecule has 119 valence electrons. The van der Waals surface area contributed by atoms with Gasteiger partial charge < -0.3 is 4.57 Å². The van der Waals surface area contributed by atoms with Crippen LogP contribution in [0.5, 0.6) is 0 Å². The molecular weight excluding hydrogens is 290 g/mol. The van der Waals surface area contributed by atoms with E-state index in [-0.39, 0.29) is 7.99 Å². The summed E-state index contributed by atoms with van der Waals surface area (Å²) in [4.78, 5) is 0. The van der Waals surface area contributed by atoms with E-state index in [0.717, 1.165) is 0 Å². The molecule has 0 aliphatic carbocycles. The van der Waals surface area contributed by atoms with Gasteiger partial charge in [-0.1, -0.05) is 67.7 Å². The Morgan fingerprint density at radius 1 is 0.700 bits per heavy atom. The van der Waals surface area contributed by atoms with E-state index in [2.05, 4.69) is 72.3 Å². The fourth-order valence-electron chi connectivity index (χ4n) is 3.22. The van der Waals surface area contributed by atoms with Gasteiger partial charge in [-0.3, -0.25) is 0 Å². The summed E-state index contributed by atoms with van der Waals surface area (Å²) in [6, 6.07) is 0. The first kappa shape index (κ1) is 18.7. The van der Waals surface area contributed by atoms with Crippen LogP contribution in [0.1, 0.15) is 54.4 Å². The lowest BCUT2D eigenvalue weighted by Crippen LogP contribution is -2.74. The highest BCUT2D eigenvalue weighted by Crippen LogP contribution is 2.47. The monoisotopic (exact) mass is 328 g/mol. The first-order chi connectivity index (χ1) is 8.73. The minimum atomic E-state index is -1.26. The third kappa shape index (κ3) is 3.33. The third-order valence-electron chi connectivity index (χ3n) is 6.36. The van der Waals surface area contributed by atoms with Crippen molar-refractivity contribution < 1.29 is 0 Å². The number of hydrogen-bond donors (Lipinski definition) is 0. The third-order valence-corrected chi connectivity index (χ3v) is 42.1. The Hall–Kier alpha value is 0.611. The highest BCUT2D eigenvalue weighted by atomic mass is 29.6. The quantitative estimate of drug-likeness (QED) is 0.640. The minimum Gasteiger partial charge on any atom is -0.328 e. The van der Waals surface area contributed by atoms with Gasteiger partial charge in [-0.25, -0.2) is 0 Å². The maximum atomic E-state index is 3.01.